The van der Waals surface area contributed by atoms with Crippen molar-refractivity contribution in [1.82, 2.24) is 9.97 Å². The molecule has 28 heavy (non-hydrogen) atoms. The molecule has 0 amide bonds. The highest BCUT2D eigenvalue weighted by atomic mass is 19.3. The van der Waals surface area contributed by atoms with Crippen LogP contribution in [0.25, 0.3) is 10.9 Å². The molecule has 5 nitrogen and oxygen atoms in total. The van der Waals surface area contributed by atoms with Crippen LogP contribution in [0.3, 0.4) is 0 Å². The van der Waals surface area contributed by atoms with Crippen LogP contribution in [-0.2, 0) is 11.3 Å². The Morgan fingerprint density at radius 1 is 1.25 bits per heavy atom. The third kappa shape index (κ3) is 3.87. The number of rotatable bonds is 6. The van der Waals surface area contributed by atoms with Crippen molar-refractivity contribution in [1.29, 1.82) is 0 Å². The molecule has 8 heteroatoms. The summed E-state index contributed by atoms with van der Waals surface area (Å²) in [4.78, 5) is 8.53. The lowest BCUT2D eigenvalue weighted by molar-refractivity contribution is 0.138. The molecule has 1 aliphatic rings. The molecule has 1 fully saturated rings. The third-order valence-corrected chi connectivity index (χ3v) is 4.59. The van der Waals surface area contributed by atoms with E-state index in [4.69, 9.17) is 9.47 Å². The van der Waals surface area contributed by atoms with Gasteiger partial charge in [-0.1, -0.05) is 18.2 Å². The fraction of sp³-hybridized carbons (Fsp3) is 0.300. The summed E-state index contributed by atoms with van der Waals surface area (Å²) in [5.74, 6) is -0.444. The molecule has 3 aromatic rings. The number of nitrogens with zero attached hydrogens (tertiary/aromatic N) is 2. The Labute approximate surface area is 159 Å². The molecule has 1 aromatic carbocycles. The Morgan fingerprint density at radius 2 is 2.14 bits per heavy atom. The molecule has 0 spiro atoms. The molecule has 1 aliphatic heterocycles. The summed E-state index contributed by atoms with van der Waals surface area (Å²) < 4.78 is 51.2. The minimum atomic E-state index is -2.85. The fourth-order valence-electron chi connectivity index (χ4n) is 3.12. The third-order valence-electron chi connectivity index (χ3n) is 4.59. The van der Waals surface area contributed by atoms with Crippen molar-refractivity contribution in [2.45, 2.75) is 25.5 Å². The average Bonchev–Trinajstić information content (AvgIpc) is 3.20. The number of nitrogens with one attached hydrogen (secondary N) is 1. The highest BCUT2D eigenvalue weighted by Crippen LogP contribution is 2.28. The van der Waals surface area contributed by atoms with E-state index in [2.05, 4.69) is 15.3 Å². The summed E-state index contributed by atoms with van der Waals surface area (Å²) >= 11 is 0. The quantitative estimate of drug-likeness (QED) is 0.673. The normalized spacial score (nSPS) is 16.6. The molecular weight excluding hydrogens is 371 g/mol. The predicted molar refractivity (Wildman–Crippen MR) is 98.1 cm³/mol. The van der Waals surface area contributed by atoms with Gasteiger partial charge in [0.05, 0.1) is 30.5 Å². The van der Waals surface area contributed by atoms with E-state index in [0.29, 0.717) is 30.3 Å². The molecule has 1 unspecified atom stereocenters. The van der Waals surface area contributed by atoms with E-state index >= 15 is 0 Å². The van der Waals surface area contributed by atoms with Gasteiger partial charge >= 0.3 is 0 Å². The van der Waals surface area contributed by atoms with Crippen LogP contribution in [0.1, 0.15) is 24.0 Å². The van der Waals surface area contributed by atoms with E-state index in [-0.39, 0.29) is 18.2 Å². The van der Waals surface area contributed by atoms with Gasteiger partial charge in [0.15, 0.2) is 0 Å². The fourth-order valence-corrected chi connectivity index (χ4v) is 3.12. The number of aromatic nitrogens is 2. The van der Waals surface area contributed by atoms with Crippen LogP contribution in [0, 0.1) is 5.82 Å². The van der Waals surface area contributed by atoms with Gasteiger partial charge in [-0.3, -0.25) is 4.98 Å². The van der Waals surface area contributed by atoms with Crippen LogP contribution in [0.4, 0.5) is 18.9 Å². The smallest absolute Gasteiger partial charge is 0.266 e. The molecule has 3 heterocycles. The first-order valence-electron chi connectivity index (χ1n) is 8.90. The first-order chi connectivity index (χ1) is 13.6. The molecule has 1 saturated heterocycles. The van der Waals surface area contributed by atoms with Gasteiger partial charge in [0.1, 0.15) is 11.9 Å². The standard InChI is InChI=1S/C20H18F3N3O2/c21-19-12(2-1-3-14(19)20(22)23)9-25-16-4-6-24-17-10-26-18(8-15(16)17)28-13-5-7-27-11-13/h1-4,6,8,10,13,20H,5,7,9,11H2,(H,24,25). The second-order valence-electron chi connectivity index (χ2n) is 6.48. The molecule has 146 valence electrons. The number of anilines is 1. The first-order valence-corrected chi connectivity index (χ1v) is 8.90. The largest absolute Gasteiger partial charge is 0.472 e. The molecule has 4 rings (SSSR count). The van der Waals surface area contributed by atoms with Crippen LogP contribution in [0.2, 0.25) is 0 Å². The minimum absolute atomic E-state index is 0.0378. The zero-order valence-electron chi connectivity index (χ0n) is 14.9. The van der Waals surface area contributed by atoms with Gasteiger partial charge in [0, 0.05) is 41.9 Å². The summed E-state index contributed by atoms with van der Waals surface area (Å²) in [5, 5.41) is 3.85. The number of alkyl halides is 2. The van der Waals surface area contributed by atoms with Crippen molar-refractivity contribution >= 4 is 16.6 Å². The zero-order valence-corrected chi connectivity index (χ0v) is 14.9. The van der Waals surface area contributed by atoms with Gasteiger partial charge in [-0.05, 0) is 6.07 Å². The first kappa shape index (κ1) is 18.5. The maximum atomic E-state index is 14.3. The maximum absolute atomic E-state index is 14.3. The Balaban J connectivity index is 1.57. The summed E-state index contributed by atoms with van der Waals surface area (Å²) in [6, 6.07) is 7.49. The van der Waals surface area contributed by atoms with Crippen LogP contribution in [0.15, 0.2) is 42.7 Å². The number of fused-ring (bicyclic) bond motifs is 1. The second-order valence-corrected chi connectivity index (χ2v) is 6.48. The van der Waals surface area contributed by atoms with E-state index in [1.54, 1.807) is 24.5 Å². The lowest BCUT2D eigenvalue weighted by Crippen LogP contribution is -2.16. The van der Waals surface area contributed by atoms with E-state index in [0.717, 1.165) is 17.9 Å². The van der Waals surface area contributed by atoms with Crippen molar-refractivity contribution in [2.24, 2.45) is 0 Å². The molecule has 0 saturated carbocycles. The molecule has 0 aliphatic carbocycles. The van der Waals surface area contributed by atoms with Gasteiger partial charge in [0.25, 0.3) is 6.43 Å². The minimum Gasteiger partial charge on any atom is -0.472 e. The Hall–Kier alpha value is -2.87. The number of hydrogen-bond acceptors (Lipinski definition) is 5. The van der Waals surface area contributed by atoms with Gasteiger partial charge in [-0.25, -0.2) is 18.2 Å². The molecule has 1 N–H and O–H groups in total. The monoisotopic (exact) mass is 389 g/mol. The maximum Gasteiger partial charge on any atom is 0.266 e. The highest BCUT2D eigenvalue weighted by molar-refractivity contribution is 5.91. The Morgan fingerprint density at radius 3 is 2.93 bits per heavy atom. The van der Waals surface area contributed by atoms with Crippen molar-refractivity contribution in [3.63, 3.8) is 0 Å². The van der Waals surface area contributed by atoms with E-state index in [1.165, 1.54) is 12.1 Å². The topological polar surface area (TPSA) is 56.3 Å². The number of pyridine rings is 2. The Kier molecular flexibility index (Phi) is 5.29. The average molecular weight is 389 g/mol. The van der Waals surface area contributed by atoms with Crippen molar-refractivity contribution in [3.05, 3.63) is 59.7 Å². The molecule has 0 bridgehead atoms. The van der Waals surface area contributed by atoms with Crippen LogP contribution in [-0.4, -0.2) is 29.3 Å². The number of hydrogen-bond donors (Lipinski definition) is 1. The summed E-state index contributed by atoms with van der Waals surface area (Å²) in [6.07, 6.45) is 1.11. The van der Waals surface area contributed by atoms with Crippen molar-refractivity contribution < 1.29 is 22.6 Å². The molecular formula is C20H18F3N3O2. The van der Waals surface area contributed by atoms with Gasteiger partial charge in [0.2, 0.25) is 5.88 Å². The van der Waals surface area contributed by atoms with Gasteiger partial charge in [-0.15, -0.1) is 0 Å². The Bertz CT molecular complexity index is 978. The highest BCUT2D eigenvalue weighted by Gasteiger charge is 2.19. The van der Waals surface area contributed by atoms with Crippen LogP contribution < -0.4 is 10.1 Å². The number of ether oxygens (including phenoxy) is 2. The lowest BCUT2D eigenvalue weighted by atomic mass is 10.1. The van der Waals surface area contributed by atoms with Gasteiger partial charge in [-0.2, -0.15) is 0 Å². The zero-order chi connectivity index (χ0) is 19.5. The molecule has 0 radical (unpaired) electrons. The van der Waals surface area contributed by atoms with Crippen LogP contribution in [0.5, 0.6) is 5.88 Å². The van der Waals surface area contributed by atoms with Crippen LogP contribution >= 0.6 is 0 Å². The van der Waals surface area contributed by atoms with E-state index in [9.17, 15) is 13.2 Å². The SMILES string of the molecule is Fc1c(CNc2ccnc3cnc(OC4CCOC4)cc23)cccc1C(F)F. The van der Waals surface area contributed by atoms with Gasteiger partial charge < -0.3 is 14.8 Å². The van der Waals surface area contributed by atoms with Crippen molar-refractivity contribution in [3.8, 4) is 5.88 Å². The number of benzene rings is 1. The summed E-state index contributed by atoms with van der Waals surface area (Å²) in [6.45, 7) is 1.24. The van der Waals surface area contributed by atoms with E-state index < -0.39 is 17.8 Å². The predicted octanol–water partition coefficient (Wildman–Crippen LogP) is 4.49. The second kappa shape index (κ2) is 8.02. The number of halogens is 3. The van der Waals surface area contributed by atoms with E-state index in [1.807, 2.05) is 0 Å². The summed E-state index contributed by atoms with van der Waals surface area (Å²) in [5.41, 5.74) is 0.887. The summed E-state index contributed by atoms with van der Waals surface area (Å²) in [7, 11) is 0. The lowest BCUT2D eigenvalue weighted by Gasteiger charge is -2.14. The molecule has 1 atom stereocenters. The van der Waals surface area contributed by atoms with Crippen molar-refractivity contribution in [2.75, 3.05) is 18.5 Å². The molecule has 2 aromatic heterocycles.